The smallest absolute Gasteiger partial charge is 0.156 e. The molecule has 0 aliphatic carbocycles. The summed E-state index contributed by atoms with van der Waals surface area (Å²) in [5, 5.41) is 0.899. The Balaban J connectivity index is 1.60. The second kappa shape index (κ2) is 10.6. The van der Waals surface area contributed by atoms with E-state index < -0.39 is 14.6 Å². The predicted octanol–water partition coefficient (Wildman–Crippen LogP) is 7.56. The first kappa shape index (κ1) is 26.5. The van der Waals surface area contributed by atoms with E-state index in [1.54, 1.807) is 31.4 Å². The van der Waals surface area contributed by atoms with Crippen LogP contribution in [0.2, 0.25) is 0 Å². The van der Waals surface area contributed by atoms with Crippen LogP contribution in [-0.4, -0.2) is 31.8 Å². The van der Waals surface area contributed by atoms with Crippen LogP contribution >= 0.6 is 23.4 Å². The second-order valence-electron chi connectivity index (χ2n) is 9.33. The summed E-state index contributed by atoms with van der Waals surface area (Å²) in [6.07, 6.45) is 3.04. The van der Waals surface area contributed by atoms with Crippen molar-refractivity contribution in [2.75, 3.05) is 13.4 Å². The van der Waals surface area contributed by atoms with Crippen molar-refractivity contribution in [2.45, 2.75) is 23.5 Å². The van der Waals surface area contributed by atoms with E-state index in [4.69, 9.17) is 4.33 Å². The van der Waals surface area contributed by atoms with Crippen molar-refractivity contribution >= 4 is 44.1 Å². The van der Waals surface area contributed by atoms with E-state index in [2.05, 4.69) is 27.0 Å². The van der Waals surface area contributed by atoms with Crippen molar-refractivity contribution in [1.29, 1.82) is 0 Å². The van der Waals surface area contributed by atoms with Crippen LogP contribution in [0.4, 0.5) is 0 Å². The molecule has 9 heteroatoms. The van der Waals surface area contributed by atoms with E-state index in [1.807, 2.05) is 66.2 Å². The first-order valence-corrected chi connectivity index (χ1v) is 15.3. The molecule has 38 heavy (non-hydrogen) atoms. The number of hydrogen-bond acceptors (Lipinski definition) is 8. The largest absolute Gasteiger partial charge is 0.256 e. The zero-order chi connectivity index (χ0) is 26.9. The van der Waals surface area contributed by atoms with E-state index in [-0.39, 0.29) is 0 Å². The molecule has 194 valence electrons. The number of thiazole rings is 1. The Bertz CT molecular complexity index is 1710. The lowest BCUT2D eigenvalue weighted by Crippen LogP contribution is -2.28. The maximum absolute atomic E-state index is 12.7. The minimum Gasteiger partial charge on any atom is -0.256 e. The van der Waals surface area contributed by atoms with Gasteiger partial charge in [0.1, 0.15) is 0 Å². The number of aromatic nitrogens is 2. The highest BCUT2D eigenvalue weighted by molar-refractivity contribution is 7.94. The van der Waals surface area contributed by atoms with Gasteiger partial charge in [0.15, 0.2) is 9.84 Å². The Morgan fingerprint density at radius 3 is 2.39 bits per heavy atom. The van der Waals surface area contributed by atoms with Gasteiger partial charge in [-0.15, -0.1) is 11.3 Å². The Morgan fingerprint density at radius 2 is 1.66 bits per heavy atom. The SMILES string of the molecule is COOSc1ccc(-c2ncsc2-c2cccc(-c3cc(C(C)(C)S(C)(=O)=O)cc4cccnc34)c2)cc1. The highest BCUT2D eigenvalue weighted by atomic mass is 32.2. The van der Waals surface area contributed by atoms with Crippen LogP contribution in [0.1, 0.15) is 19.4 Å². The molecule has 0 unspecified atom stereocenters. The molecule has 0 fully saturated rings. The number of sulfone groups is 1. The van der Waals surface area contributed by atoms with Gasteiger partial charge in [0.05, 0.1) is 45.5 Å². The van der Waals surface area contributed by atoms with Gasteiger partial charge >= 0.3 is 0 Å². The zero-order valence-corrected chi connectivity index (χ0v) is 23.8. The molecule has 0 aliphatic rings. The molecule has 0 spiro atoms. The van der Waals surface area contributed by atoms with Gasteiger partial charge in [-0.25, -0.2) is 18.3 Å². The van der Waals surface area contributed by atoms with Crippen molar-refractivity contribution in [3.05, 3.63) is 90.1 Å². The fourth-order valence-corrected chi connectivity index (χ4v) is 5.95. The molecule has 0 atom stereocenters. The lowest BCUT2D eigenvalue weighted by atomic mass is 9.92. The molecule has 0 radical (unpaired) electrons. The second-order valence-corrected chi connectivity index (χ2v) is 13.5. The van der Waals surface area contributed by atoms with E-state index in [0.717, 1.165) is 66.2 Å². The number of nitrogens with zero attached hydrogens (tertiary/aromatic N) is 2. The summed E-state index contributed by atoms with van der Waals surface area (Å²) in [4.78, 5) is 15.9. The van der Waals surface area contributed by atoms with Gasteiger partial charge in [-0.3, -0.25) is 4.98 Å². The molecular formula is C29H26N2O4S3. The molecule has 3 aromatic carbocycles. The minimum atomic E-state index is -3.35. The third-order valence-electron chi connectivity index (χ3n) is 6.66. The molecule has 0 aliphatic heterocycles. The number of hydrogen-bond donors (Lipinski definition) is 0. The van der Waals surface area contributed by atoms with Crippen LogP contribution in [0, 0.1) is 0 Å². The lowest BCUT2D eigenvalue weighted by molar-refractivity contribution is -0.160. The third-order valence-corrected chi connectivity index (χ3v) is 10.3. The molecule has 5 aromatic rings. The molecule has 0 saturated heterocycles. The van der Waals surface area contributed by atoms with Crippen molar-refractivity contribution < 1.29 is 17.6 Å². The monoisotopic (exact) mass is 562 g/mol. The van der Waals surface area contributed by atoms with Crippen LogP contribution in [0.15, 0.2) is 89.4 Å². The normalized spacial score (nSPS) is 12.2. The Kier molecular flexibility index (Phi) is 7.39. The van der Waals surface area contributed by atoms with Crippen LogP contribution in [0.3, 0.4) is 0 Å². The molecule has 2 aromatic heterocycles. The topological polar surface area (TPSA) is 78.4 Å². The fraction of sp³-hybridized carbons (Fsp3) is 0.172. The molecule has 2 heterocycles. The molecule has 5 rings (SSSR count). The summed E-state index contributed by atoms with van der Waals surface area (Å²) >= 11 is 2.73. The summed E-state index contributed by atoms with van der Waals surface area (Å²) in [5.41, 5.74) is 8.17. The van der Waals surface area contributed by atoms with E-state index >= 15 is 0 Å². The quantitative estimate of drug-likeness (QED) is 0.110. The van der Waals surface area contributed by atoms with Gasteiger partial charge in [0, 0.05) is 33.9 Å². The summed E-state index contributed by atoms with van der Waals surface area (Å²) in [6, 6.07) is 23.9. The van der Waals surface area contributed by atoms with Crippen molar-refractivity contribution in [1.82, 2.24) is 9.97 Å². The van der Waals surface area contributed by atoms with Crippen LogP contribution < -0.4 is 0 Å². The number of fused-ring (bicyclic) bond motifs is 1. The summed E-state index contributed by atoms with van der Waals surface area (Å²) in [6.45, 7) is 3.49. The standard InChI is InChI=1S/C29H26N2O4S3/c1-29(2,38(4,32)33)23-16-21-9-6-14-30-26(21)25(17-23)20-7-5-8-22(15-20)28-27(31-18-36-28)19-10-12-24(13-11-19)37-35-34-3/h5-18H,1-4H3. The van der Waals surface area contributed by atoms with Gasteiger partial charge in [0.2, 0.25) is 0 Å². The molecule has 6 nitrogen and oxygen atoms in total. The Hall–Kier alpha value is -3.08. The summed E-state index contributed by atoms with van der Waals surface area (Å²) in [5.74, 6) is 0. The summed E-state index contributed by atoms with van der Waals surface area (Å²) in [7, 11) is -1.88. The van der Waals surface area contributed by atoms with Crippen LogP contribution in [0.5, 0.6) is 0 Å². The van der Waals surface area contributed by atoms with E-state index in [9.17, 15) is 8.42 Å². The predicted molar refractivity (Wildman–Crippen MR) is 156 cm³/mol. The third kappa shape index (κ3) is 5.12. The first-order valence-electron chi connectivity index (χ1n) is 11.8. The Labute approximate surface area is 230 Å². The van der Waals surface area contributed by atoms with Crippen molar-refractivity contribution in [3.63, 3.8) is 0 Å². The van der Waals surface area contributed by atoms with Gasteiger partial charge in [-0.05, 0) is 66.9 Å². The number of benzene rings is 3. The lowest BCUT2D eigenvalue weighted by Gasteiger charge is -2.24. The highest BCUT2D eigenvalue weighted by Crippen LogP contribution is 2.40. The first-order chi connectivity index (χ1) is 18.2. The van der Waals surface area contributed by atoms with Gasteiger partial charge < -0.3 is 0 Å². The van der Waals surface area contributed by atoms with Crippen molar-refractivity contribution in [2.24, 2.45) is 0 Å². The molecule has 0 N–H and O–H groups in total. The zero-order valence-electron chi connectivity index (χ0n) is 21.3. The van der Waals surface area contributed by atoms with E-state index in [0.29, 0.717) is 0 Å². The maximum atomic E-state index is 12.7. The summed E-state index contributed by atoms with van der Waals surface area (Å²) < 4.78 is 29.2. The average molecular weight is 563 g/mol. The van der Waals surface area contributed by atoms with Crippen LogP contribution in [-0.2, 0) is 23.8 Å². The fourth-order valence-electron chi connectivity index (χ4n) is 4.20. The van der Waals surface area contributed by atoms with Gasteiger partial charge in [0.25, 0.3) is 0 Å². The molecule has 0 amide bonds. The molecule has 0 bridgehead atoms. The van der Waals surface area contributed by atoms with E-state index in [1.165, 1.54) is 13.4 Å². The van der Waals surface area contributed by atoms with Crippen LogP contribution in [0.25, 0.3) is 43.7 Å². The maximum Gasteiger partial charge on any atom is 0.156 e. The highest BCUT2D eigenvalue weighted by Gasteiger charge is 2.33. The number of rotatable bonds is 8. The number of pyridine rings is 1. The Morgan fingerprint density at radius 1 is 0.895 bits per heavy atom. The van der Waals surface area contributed by atoms with Gasteiger partial charge in [-0.1, -0.05) is 36.4 Å². The molecular weight excluding hydrogens is 537 g/mol. The minimum absolute atomic E-state index is 0.731. The van der Waals surface area contributed by atoms with Gasteiger partial charge in [-0.2, -0.15) is 4.33 Å². The average Bonchev–Trinajstić information content (AvgIpc) is 3.41. The van der Waals surface area contributed by atoms with Crippen molar-refractivity contribution in [3.8, 4) is 32.8 Å². The molecule has 0 saturated carbocycles.